The third-order valence-corrected chi connectivity index (χ3v) is 2.85. The summed E-state index contributed by atoms with van der Waals surface area (Å²) in [6.45, 7) is 5.14. The van der Waals surface area contributed by atoms with Gasteiger partial charge in [0.2, 0.25) is 5.82 Å². The Morgan fingerprint density at radius 1 is 1.59 bits per heavy atom. The standard InChI is InChI=1S/C12H17N3O2/c1-9-4-6-13-10(14-9)11(16)15-12(2)5-3-7-17-8-12/h4,6H,3,5,7-8H2,1-2H3,(H,15,16). The lowest BCUT2D eigenvalue weighted by Crippen LogP contribution is -2.51. The molecule has 1 N–H and O–H groups in total. The van der Waals surface area contributed by atoms with E-state index in [4.69, 9.17) is 4.74 Å². The molecule has 0 aliphatic carbocycles. The van der Waals surface area contributed by atoms with Gasteiger partial charge >= 0.3 is 0 Å². The van der Waals surface area contributed by atoms with Gasteiger partial charge in [-0.3, -0.25) is 4.79 Å². The summed E-state index contributed by atoms with van der Waals surface area (Å²) in [5, 5.41) is 2.95. The van der Waals surface area contributed by atoms with Gasteiger partial charge < -0.3 is 10.1 Å². The first kappa shape index (κ1) is 12.0. The van der Waals surface area contributed by atoms with Crippen LogP contribution in [0.15, 0.2) is 12.3 Å². The summed E-state index contributed by atoms with van der Waals surface area (Å²) in [4.78, 5) is 20.1. The predicted molar refractivity (Wildman–Crippen MR) is 62.7 cm³/mol. The highest BCUT2D eigenvalue weighted by Gasteiger charge is 2.30. The molecule has 1 atom stereocenters. The highest BCUT2D eigenvalue weighted by molar-refractivity contribution is 5.90. The van der Waals surface area contributed by atoms with Crippen LogP contribution in [0.2, 0.25) is 0 Å². The van der Waals surface area contributed by atoms with E-state index >= 15 is 0 Å². The smallest absolute Gasteiger partial charge is 0.289 e. The fourth-order valence-electron chi connectivity index (χ4n) is 1.92. The molecule has 92 valence electrons. The van der Waals surface area contributed by atoms with Crippen molar-refractivity contribution in [3.05, 3.63) is 23.8 Å². The van der Waals surface area contributed by atoms with E-state index in [0.29, 0.717) is 6.61 Å². The van der Waals surface area contributed by atoms with E-state index in [9.17, 15) is 4.79 Å². The van der Waals surface area contributed by atoms with E-state index in [1.54, 1.807) is 12.3 Å². The molecule has 1 aromatic rings. The van der Waals surface area contributed by atoms with Gasteiger partial charge in [0.15, 0.2) is 0 Å². The number of hydrogen-bond donors (Lipinski definition) is 1. The summed E-state index contributed by atoms with van der Waals surface area (Å²) in [5.41, 5.74) is 0.484. The average molecular weight is 235 g/mol. The topological polar surface area (TPSA) is 64.1 Å². The molecule has 2 heterocycles. The molecule has 0 radical (unpaired) electrons. The molecule has 1 aliphatic heterocycles. The lowest BCUT2D eigenvalue weighted by Gasteiger charge is -2.33. The van der Waals surface area contributed by atoms with Crippen LogP contribution in [-0.2, 0) is 4.74 Å². The molecule has 0 aromatic carbocycles. The first-order valence-electron chi connectivity index (χ1n) is 5.79. The molecule has 1 fully saturated rings. The highest BCUT2D eigenvalue weighted by atomic mass is 16.5. The van der Waals surface area contributed by atoms with E-state index < -0.39 is 0 Å². The number of amides is 1. The van der Waals surface area contributed by atoms with Crippen LogP contribution in [0.3, 0.4) is 0 Å². The normalized spacial score (nSPS) is 24.4. The van der Waals surface area contributed by atoms with Crippen LogP contribution in [-0.4, -0.2) is 34.6 Å². The summed E-state index contributed by atoms with van der Waals surface area (Å²) >= 11 is 0. The molecule has 1 aliphatic rings. The van der Waals surface area contributed by atoms with Crippen LogP contribution in [0.1, 0.15) is 36.1 Å². The second-order valence-electron chi connectivity index (χ2n) is 4.69. The Morgan fingerprint density at radius 3 is 3.06 bits per heavy atom. The van der Waals surface area contributed by atoms with Crippen molar-refractivity contribution < 1.29 is 9.53 Å². The number of aryl methyl sites for hydroxylation is 1. The zero-order valence-electron chi connectivity index (χ0n) is 10.2. The monoisotopic (exact) mass is 235 g/mol. The third kappa shape index (κ3) is 3.00. The van der Waals surface area contributed by atoms with Crippen molar-refractivity contribution in [3.8, 4) is 0 Å². The number of hydrogen-bond acceptors (Lipinski definition) is 4. The number of nitrogens with one attached hydrogen (secondary N) is 1. The molecule has 0 bridgehead atoms. The number of ether oxygens (including phenoxy) is 1. The van der Waals surface area contributed by atoms with Crippen LogP contribution in [0.5, 0.6) is 0 Å². The molecule has 0 spiro atoms. The molecule has 1 unspecified atom stereocenters. The van der Waals surface area contributed by atoms with Crippen molar-refractivity contribution in [2.24, 2.45) is 0 Å². The van der Waals surface area contributed by atoms with E-state index in [1.165, 1.54) is 0 Å². The summed E-state index contributed by atoms with van der Waals surface area (Å²) < 4.78 is 5.39. The van der Waals surface area contributed by atoms with Crippen molar-refractivity contribution in [1.29, 1.82) is 0 Å². The first-order chi connectivity index (χ1) is 8.09. The van der Waals surface area contributed by atoms with Gasteiger partial charge in [-0.25, -0.2) is 9.97 Å². The largest absolute Gasteiger partial charge is 0.379 e. The number of rotatable bonds is 2. The molecule has 2 rings (SSSR count). The third-order valence-electron chi connectivity index (χ3n) is 2.85. The van der Waals surface area contributed by atoms with Crippen LogP contribution < -0.4 is 5.32 Å². The van der Waals surface area contributed by atoms with Crippen LogP contribution >= 0.6 is 0 Å². The van der Waals surface area contributed by atoms with E-state index in [2.05, 4.69) is 15.3 Å². The second-order valence-corrected chi connectivity index (χ2v) is 4.69. The van der Waals surface area contributed by atoms with Gasteiger partial charge in [-0.15, -0.1) is 0 Å². The Labute approximate surface area is 101 Å². The van der Waals surface area contributed by atoms with Crippen molar-refractivity contribution in [1.82, 2.24) is 15.3 Å². The summed E-state index contributed by atoms with van der Waals surface area (Å²) in [6.07, 6.45) is 3.48. The summed E-state index contributed by atoms with van der Waals surface area (Å²) in [7, 11) is 0. The fraction of sp³-hybridized carbons (Fsp3) is 0.583. The van der Waals surface area contributed by atoms with Crippen molar-refractivity contribution in [3.63, 3.8) is 0 Å². The molecule has 1 amide bonds. The quantitative estimate of drug-likeness (QED) is 0.833. The number of aromatic nitrogens is 2. The van der Waals surface area contributed by atoms with Crippen molar-refractivity contribution in [2.45, 2.75) is 32.2 Å². The zero-order valence-corrected chi connectivity index (χ0v) is 10.2. The SMILES string of the molecule is Cc1ccnc(C(=O)NC2(C)CCCOC2)n1. The highest BCUT2D eigenvalue weighted by Crippen LogP contribution is 2.18. The minimum absolute atomic E-state index is 0.219. The number of carbonyl (C=O) groups excluding carboxylic acids is 1. The van der Waals surface area contributed by atoms with Gasteiger partial charge in [-0.05, 0) is 32.8 Å². The summed E-state index contributed by atoms with van der Waals surface area (Å²) in [5.74, 6) is -0.0153. The van der Waals surface area contributed by atoms with Crippen molar-refractivity contribution in [2.75, 3.05) is 13.2 Å². The minimum atomic E-state index is -0.303. The summed E-state index contributed by atoms with van der Waals surface area (Å²) in [6, 6.07) is 1.77. The van der Waals surface area contributed by atoms with E-state index in [-0.39, 0.29) is 17.3 Å². The molecule has 5 heteroatoms. The fourth-order valence-corrected chi connectivity index (χ4v) is 1.92. The Balaban J connectivity index is 2.06. The zero-order chi connectivity index (χ0) is 12.3. The Kier molecular flexibility index (Phi) is 3.38. The maximum absolute atomic E-state index is 12.0. The number of nitrogens with zero attached hydrogens (tertiary/aromatic N) is 2. The Hall–Kier alpha value is -1.49. The van der Waals surface area contributed by atoms with Crippen molar-refractivity contribution >= 4 is 5.91 Å². The van der Waals surface area contributed by atoms with Gasteiger partial charge in [0.05, 0.1) is 12.1 Å². The maximum atomic E-state index is 12.0. The minimum Gasteiger partial charge on any atom is -0.379 e. The van der Waals surface area contributed by atoms with Gasteiger partial charge in [-0.2, -0.15) is 0 Å². The maximum Gasteiger partial charge on any atom is 0.289 e. The van der Waals surface area contributed by atoms with Gasteiger partial charge in [0.1, 0.15) is 0 Å². The van der Waals surface area contributed by atoms with E-state index in [1.807, 2.05) is 13.8 Å². The molecular weight excluding hydrogens is 218 g/mol. The molecule has 17 heavy (non-hydrogen) atoms. The van der Waals surface area contributed by atoms with Crippen LogP contribution in [0, 0.1) is 6.92 Å². The molecular formula is C12H17N3O2. The first-order valence-corrected chi connectivity index (χ1v) is 5.79. The van der Waals surface area contributed by atoms with Crippen LogP contribution in [0.25, 0.3) is 0 Å². The molecule has 5 nitrogen and oxygen atoms in total. The van der Waals surface area contributed by atoms with Gasteiger partial charge in [0.25, 0.3) is 5.91 Å². The van der Waals surface area contributed by atoms with E-state index in [0.717, 1.165) is 25.1 Å². The average Bonchev–Trinajstić information content (AvgIpc) is 2.29. The lowest BCUT2D eigenvalue weighted by molar-refractivity contribution is 0.0270. The molecule has 0 saturated carbocycles. The second kappa shape index (κ2) is 4.79. The molecule has 1 aromatic heterocycles. The Morgan fingerprint density at radius 2 is 2.41 bits per heavy atom. The Bertz CT molecular complexity index is 414. The number of carbonyl (C=O) groups is 1. The lowest BCUT2D eigenvalue weighted by atomic mass is 9.95. The van der Waals surface area contributed by atoms with Gasteiger partial charge in [-0.1, -0.05) is 0 Å². The van der Waals surface area contributed by atoms with Gasteiger partial charge in [0, 0.05) is 18.5 Å². The van der Waals surface area contributed by atoms with Crippen LogP contribution in [0.4, 0.5) is 0 Å². The predicted octanol–water partition coefficient (Wildman–Crippen LogP) is 1.08. The molecule has 1 saturated heterocycles.